The van der Waals surface area contributed by atoms with Crippen molar-refractivity contribution in [3.8, 4) is 0 Å². The molecule has 1 amide bonds. The van der Waals surface area contributed by atoms with E-state index < -0.39 is 0 Å². The quantitative estimate of drug-likeness (QED) is 0.735. The van der Waals surface area contributed by atoms with Gasteiger partial charge in [0.2, 0.25) is 5.91 Å². The summed E-state index contributed by atoms with van der Waals surface area (Å²) in [5.41, 5.74) is 2.06. The van der Waals surface area contributed by atoms with E-state index >= 15 is 0 Å². The first-order chi connectivity index (χ1) is 14.6. The van der Waals surface area contributed by atoms with Gasteiger partial charge in [-0.1, -0.05) is 26.0 Å². The predicted molar refractivity (Wildman–Crippen MR) is 125 cm³/mol. The maximum atomic E-state index is 12.8. The van der Waals surface area contributed by atoms with Gasteiger partial charge in [0.15, 0.2) is 0 Å². The molecule has 3 heterocycles. The third-order valence-corrected chi connectivity index (χ3v) is 6.30. The number of aromatic nitrogens is 2. The van der Waals surface area contributed by atoms with E-state index in [9.17, 15) is 4.79 Å². The Kier molecular flexibility index (Phi) is 8.10. The number of para-hydroxylation sites is 1. The number of hydrogen-bond acceptors (Lipinski definition) is 6. The Morgan fingerprint density at radius 3 is 2.63 bits per heavy atom. The van der Waals surface area contributed by atoms with Gasteiger partial charge in [0.05, 0.1) is 12.4 Å². The van der Waals surface area contributed by atoms with E-state index in [1.54, 1.807) is 11.8 Å². The molecule has 0 bridgehead atoms. The van der Waals surface area contributed by atoms with Crippen molar-refractivity contribution in [1.29, 1.82) is 0 Å². The van der Waals surface area contributed by atoms with Crippen molar-refractivity contribution in [3.05, 3.63) is 41.9 Å². The standard InChI is InChI=1S/C21H27N5OS.C2H6/c1-16-14-20(23-17(2)22-16)25-10-5-9-24(11-12-25)15-26-18-6-3-4-7-19(18)28-13-8-21(26)27;1-2/h3-4,6-7,14H,5,8-13,15H2,1-2H3;1-2H3. The third kappa shape index (κ3) is 5.52. The second-order valence-electron chi connectivity index (χ2n) is 7.40. The molecule has 6 nitrogen and oxygen atoms in total. The van der Waals surface area contributed by atoms with Crippen molar-refractivity contribution in [1.82, 2.24) is 14.9 Å². The summed E-state index contributed by atoms with van der Waals surface area (Å²) >= 11 is 1.78. The minimum Gasteiger partial charge on any atom is -0.355 e. The lowest BCUT2D eigenvalue weighted by atomic mass is 10.2. The van der Waals surface area contributed by atoms with Crippen molar-refractivity contribution in [2.45, 2.75) is 45.4 Å². The molecule has 2 aromatic rings. The number of amides is 1. The third-order valence-electron chi connectivity index (χ3n) is 5.24. The van der Waals surface area contributed by atoms with E-state index in [1.807, 2.05) is 38.7 Å². The number of nitrogens with zero attached hydrogens (tertiary/aromatic N) is 5. The average molecular weight is 428 g/mol. The summed E-state index contributed by atoms with van der Waals surface area (Å²) in [5.74, 6) is 2.91. The van der Waals surface area contributed by atoms with Gasteiger partial charge in [-0.05, 0) is 32.4 Å². The highest BCUT2D eigenvalue weighted by Crippen LogP contribution is 2.34. The first-order valence-corrected chi connectivity index (χ1v) is 11.9. The van der Waals surface area contributed by atoms with Crippen LogP contribution in [0, 0.1) is 13.8 Å². The highest BCUT2D eigenvalue weighted by molar-refractivity contribution is 7.99. The van der Waals surface area contributed by atoms with Gasteiger partial charge >= 0.3 is 0 Å². The lowest BCUT2D eigenvalue weighted by molar-refractivity contribution is -0.118. The average Bonchev–Trinajstić information content (AvgIpc) is 3.06. The van der Waals surface area contributed by atoms with Gasteiger partial charge in [0.1, 0.15) is 11.6 Å². The zero-order chi connectivity index (χ0) is 21.5. The lowest BCUT2D eigenvalue weighted by Gasteiger charge is -2.30. The summed E-state index contributed by atoms with van der Waals surface area (Å²) in [6.45, 7) is 12.4. The Morgan fingerprint density at radius 2 is 1.83 bits per heavy atom. The molecule has 2 aliphatic rings. The minimum atomic E-state index is 0.223. The summed E-state index contributed by atoms with van der Waals surface area (Å²) in [5, 5.41) is 0. The van der Waals surface area contributed by atoms with Gasteiger partial charge in [0, 0.05) is 55.0 Å². The number of carbonyl (C=O) groups is 1. The SMILES string of the molecule is CC.Cc1cc(N2CCCN(CN3C(=O)CCSc4ccccc43)CC2)nc(C)n1. The molecule has 0 unspecified atom stereocenters. The highest BCUT2D eigenvalue weighted by Gasteiger charge is 2.25. The van der Waals surface area contributed by atoms with Crippen LogP contribution >= 0.6 is 11.8 Å². The number of benzene rings is 1. The van der Waals surface area contributed by atoms with Crippen LogP contribution < -0.4 is 9.80 Å². The Morgan fingerprint density at radius 1 is 1.03 bits per heavy atom. The second-order valence-corrected chi connectivity index (χ2v) is 8.54. The van der Waals surface area contributed by atoms with Crippen molar-refractivity contribution < 1.29 is 4.79 Å². The number of anilines is 2. The zero-order valence-corrected chi connectivity index (χ0v) is 19.4. The Bertz CT molecular complexity index is 839. The summed E-state index contributed by atoms with van der Waals surface area (Å²) in [6.07, 6.45) is 1.65. The summed E-state index contributed by atoms with van der Waals surface area (Å²) in [4.78, 5) is 29.7. The van der Waals surface area contributed by atoms with Crippen LogP contribution in [-0.2, 0) is 4.79 Å². The van der Waals surface area contributed by atoms with Crippen LogP contribution in [0.25, 0.3) is 0 Å². The summed E-state index contributed by atoms with van der Waals surface area (Å²) in [6, 6.07) is 10.3. The van der Waals surface area contributed by atoms with E-state index in [-0.39, 0.29) is 5.91 Å². The molecule has 2 aliphatic heterocycles. The van der Waals surface area contributed by atoms with Crippen LogP contribution in [0.2, 0.25) is 0 Å². The number of carbonyl (C=O) groups excluding carboxylic acids is 1. The fraction of sp³-hybridized carbons (Fsp3) is 0.522. The van der Waals surface area contributed by atoms with Gasteiger partial charge in [-0.15, -0.1) is 11.8 Å². The number of aryl methyl sites for hydroxylation is 2. The summed E-state index contributed by atoms with van der Waals surface area (Å²) < 4.78 is 0. The van der Waals surface area contributed by atoms with Crippen LogP contribution in [0.3, 0.4) is 0 Å². The van der Waals surface area contributed by atoms with Crippen LogP contribution in [-0.4, -0.2) is 59.4 Å². The first-order valence-electron chi connectivity index (χ1n) is 10.9. The van der Waals surface area contributed by atoms with Gasteiger partial charge in [0.25, 0.3) is 0 Å². The Labute approximate surface area is 184 Å². The number of thioether (sulfide) groups is 1. The largest absolute Gasteiger partial charge is 0.355 e. The van der Waals surface area contributed by atoms with E-state index in [4.69, 9.17) is 0 Å². The number of fused-ring (bicyclic) bond motifs is 1. The monoisotopic (exact) mass is 427 g/mol. The Hall–Kier alpha value is -2.12. The molecule has 1 aromatic heterocycles. The number of rotatable bonds is 3. The molecule has 7 heteroatoms. The van der Waals surface area contributed by atoms with Gasteiger partial charge < -0.3 is 4.90 Å². The van der Waals surface area contributed by atoms with Crippen LogP contribution in [0.1, 0.15) is 38.2 Å². The van der Waals surface area contributed by atoms with Crippen LogP contribution in [0.5, 0.6) is 0 Å². The van der Waals surface area contributed by atoms with E-state index in [1.165, 1.54) is 4.90 Å². The molecule has 162 valence electrons. The van der Waals surface area contributed by atoms with Gasteiger partial charge in [-0.25, -0.2) is 9.97 Å². The molecule has 1 aromatic carbocycles. The predicted octanol–water partition coefficient (Wildman–Crippen LogP) is 4.12. The zero-order valence-electron chi connectivity index (χ0n) is 18.6. The van der Waals surface area contributed by atoms with Crippen LogP contribution in [0.4, 0.5) is 11.5 Å². The van der Waals surface area contributed by atoms with Gasteiger partial charge in [-0.2, -0.15) is 0 Å². The molecule has 0 saturated carbocycles. The smallest absolute Gasteiger partial charge is 0.228 e. The van der Waals surface area contributed by atoms with Gasteiger partial charge in [-0.3, -0.25) is 14.6 Å². The number of hydrogen-bond donors (Lipinski definition) is 0. The fourth-order valence-electron chi connectivity index (χ4n) is 3.88. The molecule has 4 rings (SSSR count). The molecule has 1 saturated heterocycles. The minimum absolute atomic E-state index is 0.223. The molecule has 0 spiro atoms. The van der Waals surface area contributed by atoms with Crippen molar-refractivity contribution >= 4 is 29.2 Å². The maximum absolute atomic E-state index is 12.8. The van der Waals surface area contributed by atoms with Crippen molar-refractivity contribution in [3.63, 3.8) is 0 Å². The van der Waals surface area contributed by atoms with Crippen LogP contribution in [0.15, 0.2) is 35.2 Å². The molecule has 0 radical (unpaired) electrons. The maximum Gasteiger partial charge on any atom is 0.228 e. The van der Waals surface area contributed by atoms with E-state index in [0.29, 0.717) is 13.1 Å². The van der Waals surface area contributed by atoms with Crippen molar-refractivity contribution in [2.75, 3.05) is 48.4 Å². The normalized spacial score (nSPS) is 17.5. The fourth-order valence-corrected chi connectivity index (χ4v) is 4.87. The second kappa shape index (κ2) is 10.8. The molecule has 0 atom stereocenters. The molecule has 1 fully saturated rings. The molecule has 0 N–H and O–H groups in total. The molecular formula is C23H33N5OS. The first kappa shape index (κ1) is 22.6. The molecule has 30 heavy (non-hydrogen) atoms. The Balaban J connectivity index is 0.00000124. The topological polar surface area (TPSA) is 52.6 Å². The molecule has 0 aliphatic carbocycles. The van der Waals surface area contributed by atoms with Crippen molar-refractivity contribution in [2.24, 2.45) is 0 Å². The summed E-state index contributed by atoms with van der Waals surface area (Å²) in [7, 11) is 0. The van der Waals surface area contributed by atoms with E-state index in [2.05, 4.69) is 44.0 Å². The highest BCUT2D eigenvalue weighted by atomic mass is 32.2. The lowest BCUT2D eigenvalue weighted by Crippen LogP contribution is -2.43. The van der Waals surface area contributed by atoms with E-state index in [0.717, 1.165) is 61.4 Å². The molecular weight excluding hydrogens is 394 g/mol.